The minimum atomic E-state index is -0.123. The molecule has 0 aliphatic carbocycles. The van der Waals surface area contributed by atoms with E-state index in [9.17, 15) is 4.79 Å². The maximum atomic E-state index is 11.8. The van der Waals surface area contributed by atoms with Gasteiger partial charge in [-0.25, -0.2) is 0 Å². The number of nitrogens with zero attached hydrogens (tertiary/aromatic N) is 3. The number of aromatic nitrogens is 3. The molecule has 1 aromatic heterocycles. The van der Waals surface area contributed by atoms with Crippen LogP contribution in [0.5, 0.6) is 5.75 Å². The van der Waals surface area contributed by atoms with Gasteiger partial charge in [-0.3, -0.25) is 9.36 Å². The smallest absolute Gasteiger partial charge is 0.234 e. The number of rotatable bonds is 5. The molecule has 1 heterocycles. The van der Waals surface area contributed by atoms with Crippen LogP contribution in [0.4, 0.5) is 11.6 Å². The molecule has 0 aliphatic heterocycles. The monoisotopic (exact) mass is 293 g/mol. The van der Waals surface area contributed by atoms with Gasteiger partial charge in [-0.1, -0.05) is 11.8 Å². The second-order valence-electron chi connectivity index (χ2n) is 3.97. The Hall–Kier alpha value is -2.22. The van der Waals surface area contributed by atoms with Crippen LogP contribution in [0, 0.1) is 0 Å². The van der Waals surface area contributed by atoms with Crippen molar-refractivity contribution >= 4 is 29.3 Å². The van der Waals surface area contributed by atoms with E-state index in [2.05, 4.69) is 15.5 Å². The van der Waals surface area contributed by atoms with Crippen LogP contribution in [-0.4, -0.2) is 33.5 Å². The number of hydrogen-bond acceptors (Lipinski definition) is 6. The van der Waals surface area contributed by atoms with Crippen LogP contribution in [0.1, 0.15) is 0 Å². The Morgan fingerprint density at radius 3 is 2.65 bits per heavy atom. The topological polar surface area (TPSA) is 95.1 Å². The highest BCUT2D eigenvalue weighted by molar-refractivity contribution is 7.99. The number of anilines is 2. The van der Waals surface area contributed by atoms with E-state index in [-0.39, 0.29) is 11.7 Å². The van der Waals surface area contributed by atoms with Crippen molar-refractivity contribution in [2.45, 2.75) is 5.16 Å². The standard InChI is InChI=1S/C12H15N5O2S/c1-17-11(13)15-16-12(17)20-7-10(18)14-8-3-5-9(19-2)6-4-8/h3-6H,7H2,1-2H3,(H2,13,15)(H,14,18). The largest absolute Gasteiger partial charge is 0.497 e. The molecule has 3 N–H and O–H groups in total. The van der Waals surface area contributed by atoms with Crippen LogP contribution in [0.2, 0.25) is 0 Å². The third-order valence-corrected chi connectivity index (χ3v) is 3.59. The van der Waals surface area contributed by atoms with Crippen molar-refractivity contribution in [1.82, 2.24) is 14.8 Å². The number of carbonyl (C=O) groups is 1. The van der Waals surface area contributed by atoms with Gasteiger partial charge in [0.05, 0.1) is 12.9 Å². The van der Waals surface area contributed by atoms with Crippen molar-refractivity contribution in [2.75, 3.05) is 23.9 Å². The van der Waals surface area contributed by atoms with Gasteiger partial charge in [0.25, 0.3) is 0 Å². The number of nitrogens with one attached hydrogen (secondary N) is 1. The molecule has 0 spiro atoms. The Bertz CT molecular complexity index is 596. The number of carbonyl (C=O) groups excluding carboxylic acids is 1. The van der Waals surface area contributed by atoms with Gasteiger partial charge in [0.1, 0.15) is 5.75 Å². The number of thioether (sulfide) groups is 1. The van der Waals surface area contributed by atoms with E-state index in [0.29, 0.717) is 16.8 Å². The van der Waals surface area contributed by atoms with Crippen molar-refractivity contribution in [3.8, 4) is 5.75 Å². The summed E-state index contributed by atoms with van der Waals surface area (Å²) in [6.45, 7) is 0. The van der Waals surface area contributed by atoms with Crippen LogP contribution < -0.4 is 15.8 Å². The minimum absolute atomic E-state index is 0.123. The SMILES string of the molecule is COc1ccc(NC(=O)CSc2nnc(N)n2C)cc1. The number of hydrogen-bond donors (Lipinski definition) is 2. The van der Waals surface area contributed by atoms with Gasteiger partial charge >= 0.3 is 0 Å². The maximum Gasteiger partial charge on any atom is 0.234 e. The molecule has 8 heteroatoms. The molecule has 0 saturated carbocycles. The third kappa shape index (κ3) is 3.41. The molecule has 106 valence electrons. The molecule has 0 unspecified atom stereocenters. The lowest BCUT2D eigenvalue weighted by atomic mass is 10.3. The first-order chi connectivity index (χ1) is 9.60. The van der Waals surface area contributed by atoms with E-state index in [0.717, 1.165) is 5.75 Å². The Kier molecular flexibility index (Phi) is 4.46. The van der Waals surface area contributed by atoms with Crippen LogP contribution in [0.25, 0.3) is 0 Å². The molecule has 1 aromatic carbocycles. The summed E-state index contributed by atoms with van der Waals surface area (Å²) in [5.74, 6) is 1.18. The summed E-state index contributed by atoms with van der Waals surface area (Å²) in [5.41, 5.74) is 6.28. The maximum absolute atomic E-state index is 11.8. The normalized spacial score (nSPS) is 10.3. The Balaban J connectivity index is 1.87. The summed E-state index contributed by atoms with van der Waals surface area (Å²) >= 11 is 1.28. The fourth-order valence-corrected chi connectivity index (χ4v) is 2.17. The van der Waals surface area contributed by atoms with Crippen molar-refractivity contribution in [3.05, 3.63) is 24.3 Å². The van der Waals surface area contributed by atoms with Crippen molar-refractivity contribution in [2.24, 2.45) is 7.05 Å². The van der Waals surface area contributed by atoms with E-state index in [1.54, 1.807) is 43.0 Å². The zero-order chi connectivity index (χ0) is 14.5. The zero-order valence-corrected chi connectivity index (χ0v) is 12.0. The number of nitrogens with two attached hydrogens (primary N) is 1. The second kappa shape index (κ2) is 6.29. The summed E-state index contributed by atoms with van der Waals surface area (Å²) in [7, 11) is 3.34. The number of methoxy groups -OCH3 is 1. The highest BCUT2D eigenvalue weighted by Gasteiger charge is 2.09. The summed E-state index contributed by atoms with van der Waals surface area (Å²) in [6.07, 6.45) is 0. The van der Waals surface area contributed by atoms with Crippen LogP contribution in [-0.2, 0) is 11.8 Å². The van der Waals surface area contributed by atoms with Crippen LogP contribution >= 0.6 is 11.8 Å². The lowest BCUT2D eigenvalue weighted by molar-refractivity contribution is -0.113. The molecule has 0 aliphatic rings. The molecule has 1 amide bonds. The molecule has 2 aromatic rings. The van der Waals surface area contributed by atoms with Gasteiger partial charge in [-0.2, -0.15) is 0 Å². The first kappa shape index (κ1) is 14.2. The summed E-state index contributed by atoms with van der Waals surface area (Å²) in [5, 5.41) is 11.0. The predicted octanol–water partition coefficient (Wildman–Crippen LogP) is 1.14. The molecular weight excluding hydrogens is 278 g/mol. The van der Waals surface area contributed by atoms with E-state index in [1.807, 2.05) is 0 Å². The fraction of sp³-hybridized carbons (Fsp3) is 0.250. The Morgan fingerprint density at radius 1 is 1.40 bits per heavy atom. The van der Waals surface area contributed by atoms with Gasteiger partial charge in [0.2, 0.25) is 11.9 Å². The average molecular weight is 293 g/mol. The van der Waals surface area contributed by atoms with Gasteiger partial charge in [-0.05, 0) is 24.3 Å². The molecule has 7 nitrogen and oxygen atoms in total. The molecular formula is C12H15N5O2S. The Labute approximate surface area is 120 Å². The molecule has 0 bridgehead atoms. The number of benzene rings is 1. The van der Waals surface area contributed by atoms with Gasteiger partial charge in [0, 0.05) is 12.7 Å². The molecule has 2 rings (SSSR count). The van der Waals surface area contributed by atoms with Crippen LogP contribution in [0.15, 0.2) is 29.4 Å². The lowest BCUT2D eigenvalue weighted by Gasteiger charge is -2.06. The number of ether oxygens (including phenoxy) is 1. The van der Waals surface area contributed by atoms with E-state index in [4.69, 9.17) is 10.5 Å². The predicted molar refractivity (Wildman–Crippen MR) is 77.8 cm³/mol. The van der Waals surface area contributed by atoms with Gasteiger partial charge in [0.15, 0.2) is 5.16 Å². The molecule has 20 heavy (non-hydrogen) atoms. The fourth-order valence-electron chi connectivity index (χ4n) is 1.45. The quantitative estimate of drug-likeness (QED) is 0.803. The average Bonchev–Trinajstić information content (AvgIpc) is 2.77. The number of nitrogen functional groups attached to an aromatic ring is 1. The van der Waals surface area contributed by atoms with Crippen molar-refractivity contribution < 1.29 is 9.53 Å². The van der Waals surface area contributed by atoms with Crippen molar-refractivity contribution in [3.63, 3.8) is 0 Å². The first-order valence-electron chi connectivity index (χ1n) is 5.81. The molecule has 0 radical (unpaired) electrons. The molecule has 0 atom stereocenters. The lowest BCUT2D eigenvalue weighted by Crippen LogP contribution is -2.14. The van der Waals surface area contributed by atoms with Crippen molar-refractivity contribution in [1.29, 1.82) is 0 Å². The van der Waals surface area contributed by atoms with Crippen LogP contribution in [0.3, 0.4) is 0 Å². The van der Waals surface area contributed by atoms with Gasteiger partial charge < -0.3 is 15.8 Å². The van der Waals surface area contributed by atoms with E-state index < -0.39 is 0 Å². The van der Waals surface area contributed by atoms with E-state index >= 15 is 0 Å². The summed E-state index contributed by atoms with van der Waals surface area (Å²) in [6, 6.07) is 7.13. The molecule has 0 fully saturated rings. The third-order valence-electron chi connectivity index (χ3n) is 2.57. The highest BCUT2D eigenvalue weighted by atomic mass is 32.2. The zero-order valence-electron chi connectivity index (χ0n) is 11.2. The minimum Gasteiger partial charge on any atom is -0.497 e. The Morgan fingerprint density at radius 2 is 2.10 bits per heavy atom. The van der Waals surface area contributed by atoms with E-state index in [1.165, 1.54) is 11.8 Å². The number of amides is 1. The molecule has 0 saturated heterocycles. The second-order valence-corrected chi connectivity index (χ2v) is 4.91. The highest BCUT2D eigenvalue weighted by Crippen LogP contribution is 2.18. The summed E-state index contributed by atoms with van der Waals surface area (Å²) in [4.78, 5) is 11.8. The first-order valence-corrected chi connectivity index (χ1v) is 6.80. The summed E-state index contributed by atoms with van der Waals surface area (Å²) < 4.78 is 6.68. The van der Waals surface area contributed by atoms with Gasteiger partial charge in [-0.15, -0.1) is 10.2 Å².